The van der Waals surface area contributed by atoms with Crippen molar-refractivity contribution in [1.29, 1.82) is 0 Å². The Kier molecular flexibility index (Phi) is 5.65. The Hall–Kier alpha value is -1.73. The summed E-state index contributed by atoms with van der Waals surface area (Å²) in [6.45, 7) is 1.41. The smallest absolute Gasteiger partial charge is 0.338 e. The second-order valence-corrected chi connectivity index (χ2v) is 4.13. The predicted octanol–water partition coefficient (Wildman–Crippen LogP) is 2.76. The highest BCUT2D eigenvalue weighted by Gasteiger charge is 2.28. The molecule has 1 heterocycles. The highest BCUT2D eigenvalue weighted by Crippen LogP contribution is 2.17. The van der Waals surface area contributed by atoms with Crippen LogP contribution in [0.25, 0.3) is 0 Å². The van der Waals surface area contributed by atoms with Gasteiger partial charge in [-0.1, -0.05) is 19.8 Å². The monoisotopic (exact) mass is 278 g/mol. The molecule has 0 radical (unpaired) electrons. The van der Waals surface area contributed by atoms with Crippen LogP contribution in [0.3, 0.4) is 0 Å². The molecule has 0 aromatic carbocycles. The predicted molar refractivity (Wildman–Crippen MR) is 64.8 cm³/mol. The molecule has 0 saturated carbocycles. The molecule has 2 N–H and O–H groups in total. The number of urea groups is 1. The van der Waals surface area contributed by atoms with Crippen LogP contribution in [0.2, 0.25) is 0 Å². The van der Waals surface area contributed by atoms with Gasteiger partial charge in [0, 0.05) is 12.7 Å². The number of rotatable bonds is 6. The van der Waals surface area contributed by atoms with Crippen LogP contribution in [0.1, 0.15) is 26.2 Å². The summed E-state index contributed by atoms with van der Waals surface area (Å²) in [6, 6.07) is -0.442. The van der Waals surface area contributed by atoms with E-state index in [-0.39, 0.29) is 5.69 Å². The third-order valence-corrected chi connectivity index (χ3v) is 2.30. The summed E-state index contributed by atoms with van der Waals surface area (Å²) in [5.74, 6) is 0. The van der Waals surface area contributed by atoms with Crippen LogP contribution in [0.5, 0.6) is 0 Å². The minimum atomic E-state index is -4.33. The lowest BCUT2D eigenvalue weighted by Gasteiger charge is -2.06. The standard InChI is InChI=1S/C11H17F3N4O/c1-2-3-4-5-15-10(19)17-9-6-16-18(7-9)8-11(12,13)14/h6-7H,2-5,8H2,1H3,(H2,15,17,19). The lowest BCUT2D eigenvalue weighted by molar-refractivity contribution is -0.142. The van der Waals surface area contributed by atoms with Gasteiger partial charge in [-0.05, 0) is 6.42 Å². The minimum absolute atomic E-state index is 0.234. The second kappa shape index (κ2) is 7.01. The van der Waals surface area contributed by atoms with E-state index in [0.717, 1.165) is 30.1 Å². The van der Waals surface area contributed by atoms with Crippen LogP contribution in [0.15, 0.2) is 12.4 Å². The number of unbranched alkanes of at least 4 members (excludes halogenated alkanes) is 2. The van der Waals surface area contributed by atoms with E-state index in [4.69, 9.17) is 0 Å². The van der Waals surface area contributed by atoms with Crippen molar-refractivity contribution >= 4 is 11.7 Å². The fraction of sp³-hybridized carbons (Fsp3) is 0.636. The molecular formula is C11H17F3N4O. The highest BCUT2D eigenvalue weighted by atomic mass is 19.4. The van der Waals surface area contributed by atoms with Gasteiger partial charge in [0.05, 0.1) is 11.9 Å². The molecule has 5 nitrogen and oxygen atoms in total. The minimum Gasteiger partial charge on any atom is -0.338 e. The van der Waals surface area contributed by atoms with Crippen LogP contribution in [-0.4, -0.2) is 28.5 Å². The zero-order valence-electron chi connectivity index (χ0n) is 10.6. The molecule has 0 spiro atoms. The number of halogens is 3. The van der Waals surface area contributed by atoms with Crippen LogP contribution in [0.4, 0.5) is 23.7 Å². The van der Waals surface area contributed by atoms with Crippen molar-refractivity contribution in [2.75, 3.05) is 11.9 Å². The molecule has 0 aliphatic carbocycles. The summed E-state index contributed by atoms with van der Waals surface area (Å²) in [7, 11) is 0. The van der Waals surface area contributed by atoms with Crippen molar-refractivity contribution in [2.24, 2.45) is 0 Å². The summed E-state index contributed by atoms with van der Waals surface area (Å²) >= 11 is 0. The van der Waals surface area contributed by atoms with Gasteiger partial charge in [-0.3, -0.25) is 4.68 Å². The molecule has 1 rings (SSSR count). The number of hydrogen-bond acceptors (Lipinski definition) is 2. The second-order valence-electron chi connectivity index (χ2n) is 4.13. The van der Waals surface area contributed by atoms with E-state index >= 15 is 0 Å². The number of alkyl halides is 3. The number of nitrogens with zero attached hydrogens (tertiary/aromatic N) is 2. The largest absolute Gasteiger partial charge is 0.408 e. The van der Waals surface area contributed by atoms with Crippen molar-refractivity contribution in [3.8, 4) is 0 Å². The van der Waals surface area contributed by atoms with E-state index in [1.165, 1.54) is 6.20 Å². The molecule has 0 saturated heterocycles. The molecule has 8 heteroatoms. The summed E-state index contributed by atoms with van der Waals surface area (Å²) in [5.41, 5.74) is 0.234. The molecule has 108 valence electrons. The third-order valence-electron chi connectivity index (χ3n) is 2.30. The van der Waals surface area contributed by atoms with Crippen LogP contribution in [0, 0.1) is 0 Å². The van der Waals surface area contributed by atoms with Crippen LogP contribution >= 0.6 is 0 Å². The van der Waals surface area contributed by atoms with Gasteiger partial charge >= 0.3 is 12.2 Å². The first-order valence-corrected chi connectivity index (χ1v) is 6.05. The fourth-order valence-electron chi connectivity index (χ4n) is 1.45. The van der Waals surface area contributed by atoms with E-state index in [9.17, 15) is 18.0 Å². The molecule has 0 fully saturated rings. The van der Waals surface area contributed by atoms with E-state index in [1.54, 1.807) is 0 Å². The number of carbonyl (C=O) groups excluding carboxylic acids is 1. The van der Waals surface area contributed by atoms with Gasteiger partial charge in [0.2, 0.25) is 0 Å². The SMILES string of the molecule is CCCCCNC(=O)Nc1cnn(CC(F)(F)F)c1. The topological polar surface area (TPSA) is 59.0 Å². The Morgan fingerprint density at radius 1 is 1.42 bits per heavy atom. The Labute approximate surface area is 109 Å². The molecule has 1 aromatic rings. The van der Waals surface area contributed by atoms with Crippen molar-refractivity contribution < 1.29 is 18.0 Å². The summed E-state index contributed by atoms with van der Waals surface area (Å²) in [4.78, 5) is 11.4. The van der Waals surface area contributed by atoms with E-state index in [2.05, 4.69) is 22.7 Å². The average Bonchev–Trinajstić information content (AvgIpc) is 2.69. The fourth-order valence-corrected chi connectivity index (χ4v) is 1.45. The van der Waals surface area contributed by atoms with Crippen molar-refractivity contribution in [2.45, 2.75) is 38.9 Å². The third kappa shape index (κ3) is 6.68. The Morgan fingerprint density at radius 3 is 2.79 bits per heavy atom. The summed E-state index contributed by atoms with van der Waals surface area (Å²) in [5, 5.41) is 8.56. The Morgan fingerprint density at radius 2 is 2.16 bits per heavy atom. The molecule has 0 aliphatic heterocycles. The number of hydrogen-bond donors (Lipinski definition) is 2. The van der Waals surface area contributed by atoms with Crippen molar-refractivity contribution in [3.63, 3.8) is 0 Å². The Balaban J connectivity index is 2.34. The normalized spacial score (nSPS) is 11.4. The molecule has 0 atom stereocenters. The van der Waals surface area contributed by atoms with Gasteiger partial charge in [-0.2, -0.15) is 18.3 Å². The maximum absolute atomic E-state index is 12.1. The Bertz CT molecular complexity index is 403. The zero-order chi connectivity index (χ0) is 14.3. The molecule has 19 heavy (non-hydrogen) atoms. The lowest BCUT2D eigenvalue weighted by atomic mass is 10.2. The number of aromatic nitrogens is 2. The number of carbonyl (C=O) groups is 1. The first kappa shape index (κ1) is 15.3. The van der Waals surface area contributed by atoms with E-state index in [0.29, 0.717) is 6.54 Å². The van der Waals surface area contributed by atoms with Crippen LogP contribution < -0.4 is 10.6 Å². The average molecular weight is 278 g/mol. The molecule has 0 aliphatic rings. The van der Waals surface area contributed by atoms with E-state index in [1.807, 2.05) is 0 Å². The molecule has 0 unspecified atom stereocenters. The molecule has 0 bridgehead atoms. The summed E-state index contributed by atoms with van der Waals surface area (Å²) in [6.07, 6.45) is 0.927. The van der Waals surface area contributed by atoms with Gasteiger partial charge in [0.15, 0.2) is 0 Å². The zero-order valence-corrected chi connectivity index (χ0v) is 10.6. The first-order valence-electron chi connectivity index (χ1n) is 6.05. The van der Waals surface area contributed by atoms with E-state index < -0.39 is 18.8 Å². The maximum Gasteiger partial charge on any atom is 0.408 e. The summed E-state index contributed by atoms with van der Waals surface area (Å²) < 4.78 is 37.0. The van der Waals surface area contributed by atoms with Gasteiger partial charge in [-0.15, -0.1) is 0 Å². The van der Waals surface area contributed by atoms with Gasteiger partial charge < -0.3 is 10.6 Å². The lowest BCUT2D eigenvalue weighted by Crippen LogP contribution is -2.29. The van der Waals surface area contributed by atoms with Gasteiger partial charge in [0.1, 0.15) is 6.54 Å². The highest BCUT2D eigenvalue weighted by molar-refractivity contribution is 5.88. The van der Waals surface area contributed by atoms with Crippen LogP contribution in [-0.2, 0) is 6.54 Å². The number of nitrogens with one attached hydrogen (secondary N) is 2. The quantitative estimate of drug-likeness (QED) is 0.786. The molecular weight excluding hydrogens is 261 g/mol. The van der Waals surface area contributed by atoms with Gasteiger partial charge in [-0.25, -0.2) is 4.79 Å². The number of amides is 2. The van der Waals surface area contributed by atoms with Gasteiger partial charge in [0.25, 0.3) is 0 Å². The van der Waals surface area contributed by atoms with Crippen molar-refractivity contribution in [3.05, 3.63) is 12.4 Å². The maximum atomic E-state index is 12.1. The molecule has 2 amide bonds. The first-order chi connectivity index (χ1) is 8.90. The molecule has 1 aromatic heterocycles. The van der Waals surface area contributed by atoms with Crippen molar-refractivity contribution in [1.82, 2.24) is 15.1 Å². The number of anilines is 1.